The molecule has 1 aliphatic heterocycles. The number of aromatic nitrogens is 2. The highest BCUT2D eigenvalue weighted by molar-refractivity contribution is 7.89. The second-order valence-electron chi connectivity index (χ2n) is 6.02. The van der Waals surface area contributed by atoms with Crippen LogP contribution in [0.25, 0.3) is 11.0 Å². The highest BCUT2D eigenvalue weighted by Gasteiger charge is 2.29. The number of imidazole rings is 1. The summed E-state index contributed by atoms with van der Waals surface area (Å²) in [7, 11) is 1.71. The van der Waals surface area contributed by atoms with E-state index in [0.717, 1.165) is 18.4 Å². The van der Waals surface area contributed by atoms with Crippen molar-refractivity contribution in [2.45, 2.75) is 23.8 Å². The molecular formula is C15H23ClN4O3S. The first-order valence-electron chi connectivity index (χ1n) is 7.69. The predicted octanol–water partition coefficient (Wildman–Crippen LogP) is 0.671. The van der Waals surface area contributed by atoms with E-state index in [0.29, 0.717) is 24.6 Å². The van der Waals surface area contributed by atoms with E-state index in [1.165, 1.54) is 13.4 Å². The van der Waals surface area contributed by atoms with Crippen molar-refractivity contribution in [2.75, 3.05) is 20.1 Å². The van der Waals surface area contributed by atoms with Crippen LogP contribution in [-0.2, 0) is 24.1 Å². The minimum Gasteiger partial charge on any atom is -0.317 e. The molecule has 1 N–H and O–H groups in total. The second kappa shape index (κ2) is 6.87. The molecule has 0 aliphatic carbocycles. The molecular weight excluding hydrogens is 352 g/mol. The summed E-state index contributed by atoms with van der Waals surface area (Å²) in [5, 5.41) is 3.19. The van der Waals surface area contributed by atoms with E-state index >= 15 is 0 Å². The lowest BCUT2D eigenvalue weighted by molar-refractivity contribution is 0.298. The summed E-state index contributed by atoms with van der Waals surface area (Å²) in [5.41, 5.74) is 1.19. The van der Waals surface area contributed by atoms with Crippen LogP contribution >= 0.6 is 12.4 Å². The molecule has 1 fully saturated rings. The number of nitrogens with one attached hydrogen (secondary N) is 1. The van der Waals surface area contributed by atoms with Gasteiger partial charge in [0.15, 0.2) is 0 Å². The highest BCUT2D eigenvalue weighted by atomic mass is 35.5. The Hall–Kier alpha value is -1.35. The average molecular weight is 375 g/mol. The number of halogens is 1. The van der Waals surface area contributed by atoms with Crippen molar-refractivity contribution in [1.82, 2.24) is 18.8 Å². The monoisotopic (exact) mass is 374 g/mol. The molecule has 0 spiro atoms. The van der Waals surface area contributed by atoms with E-state index in [2.05, 4.69) is 5.32 Å². The normalized spacial score (nSPS) is 17.1. The van der Waals surface area contributed by atoms with Gasteiger partial charge in [-0.1, -0.05) is 0 Å². The molecule has 3 rings (SSSR count). The molecule has 1 saturated heterocycles. The molecule has 7 nitrogen and oxygen atoms in total. The van der Waals surface area contributed by atoms with Crippen LogP contribution in [0.5, 0.6) is 0 Å². The Morgan fingerprint density at radius 3 is 2.25 bits per heavy atom. The molecule has 1 aromatic heterocycles. The van der Waals surface area contributed by atoms with Crippen molar-refractivity contribution in [3.63, 3.8) is 0 Å². The third kappa shape index (κ3) is 2.99. The van der Waals surface area contributed by atoms with E-state index in [-0.39, 0.29) is 23.0 Å². The molecule has 0 bridgehead atoms. The number of hydrogen-bond donors (Lipinski definition) is 1. The third-order valence-corrected chi connectivity index (χ3v) is 6.64. The van der Waals surface area contributed by atoms with E-state index in [9.17, 15) is 13.2 Å². The summed E-state index contributed by atoms with van der Waals surface area (Å²) in [4.78, 5) is 12.2. The quantitative estimate of drug-likeness (QED) is 0.856. The van der Waals surface area contributed by atoms with Crippen molar-refractivity contribution < 1.29 is 8.42 Å². The minimum absolute atomic E-state index is 0. The average Bonchev–Trinajstić information content (AvgIpc) is 2.79. The van der Waals surface area contributed by atoms with Crippen LogP contribution in [0.4, 0.5) is 0 Å². The number of fused-ring (bicyclic) bond motifs is 1. The number of benzene rings is 1. The van der Waals surface area contributed by atoms with Gasteiger partial charge >= 0.3 is 5.69 Å². The zero-order valence-corrected chi connectivity index (χ0v) is 15.7. The molecule has 9 heteroatoms. The molecule has 24 heavy (non-hydrogen) atoms. The first kappa shape index (κ1) is 19.0. The summed E-state index contributed by atoms with van der Waals surface area (Å²) in [6.45, 7) is 1.03. The van der Waals surface area contributed by atoms with Gasteiger partial charge in [0.05, 0.1) is 15.9 Å². The molecule has 2 aromatic rings. The van der Waals surface area contributed by atoms with Crippen LogP contribution in [0.2, 0.25) is 0 Å². The molecule has 0 radical (unpaired) electrons. The number of nitrogens with zero attached hydrogens (tertiary/aromatic N) is 3. The van der Waals surface area contributed by atoms with Gasteiger partial charge in [0, 0.05) is 33.2 Å². The summed E-state index contributed by atoms with van der Waals surface area (Å²) in [6, 6.07) is 5.25. The number of rotatable bonds is 3. The van der Waals surface area contributed by atoms with E-state index in [4.69, 9.17) is 0 Å². The van der Waals surface area contributed by atoms with Crippen molar-refractivity contribution in [2.24, 2.45) is 14.1 Å². The lowest BCUT2D eigenvalue weighted by Gasteiger charge is -2.31. The zero-order chi connectivity index (χ0) is 16.8. The maximum atomic E-state index is 12.8. The molecule has 2 heterocycles. The Labute approximate surface area is 147 Å². The number of hydrogen-bond acceptors (Lipinski definition) is 4. The Bertz CT molecular complexity index is 895. The Morgan fingerprint density at radius 1 is 1.08 bits per heavy atom. The fourth-order valence-electron chi connectivity index (χ4n) is 3.18. The van der Waals surface area contributed by atoms with Crippen LogP contribution in [0.15, 0.2) is 27.9 Å². The SMILES string of the molecule is CNC1CCN(S(=O)(=O)c2ccc3c(c2)n(C)c(=O)n3C)CC1.Cl. The van der Waals surface area contributed by atoms with E-state index in [1.807, 2.05) is 7.05 Å². The smallest absolute Gasteiger partial charge is 0.317 e. The van der Waals surface area contributed by atoms with Crippen molar-refractivity contribution >= 4 is 33.5 Å². The number of piperidine rings is 1. The summed E-state index contributed by atoms with van der Waals surface area (Å²) >= 11 is 0. The first-order chi connectivity index (χ1) is 10.9. The van der Waals surface area contributed by atoms with Crippen LogP contribution in [0.3, 0.4) is 0 Å². The lowest BCUT2D eigenvalue weighted by atomic mass is 10.1. The van der Waals surface area contributed by atoms with Gasteiger partial charge in [0.1, 0.15) is 0 Å². The van der Waals surface area contributed by atoms with E-state index in [1.54, 1.807) is 32.3 Å². The van der Waals surface area contributed by atoms with Crippen molar-refractivity contribution in [3.8, 4) is 0 Å². The highest BCUT2D eigenvalue weighted by Crippen LogP contribution is 2.23. The molecule has 1 aliphatic rings. The number of aryl methyl sites for hydroxylation is 2. The van der Waals surface area contributed by atoms with Gasteiger partial charge in [-0.15, -0.1) is 12.4 Å². The molecule has 0 atom stereocenters. The standard InChI is InChI=1S/C15H22N4O3S.ClH/c1-16-11-6-8-19(9-7-11)23(21,22)12-4-5-13-14(10-12)18(3)15(20)17(13)2;/h4-5,10-11,16H,6-9H2,1-3H3;1H. The summed E-state index contributed by atoms with van der Waals surface area (Å²) in [5.74, 6) is 0. The van der Waals surface area contributed by atoms with Crippen LogP contribution < -0.4 is 11.0 Å². The first-order valence-corrected chi connectivity index (χ1v) is 9.13. The van der Waals surface area contributed by atoms with Gasteiger partial charge in [-0.3, -0.25) is 9.13 Å². The van der Waals surface area contributed by atoms with Crippen molar-refractivity contribution in [1.29, 1.82) is 0 Å². The predicted molar refractivity (Wildman–Crippen MR) is 96.2 cm³/mol. The zero-order valence-electron chi connectivity index (χ0n) is 14.0. The summed E-state index contributed by atoms with van der Waals surface area (Å²) < 4.78 is 30.2. The molecule has 134 valence electrons. The third-order valence-electron chi connectivity index (χ3n) is 4.74. The molecule has 0 saturated carbocycles. The van der Waals surface area contributed by atoms with Gasteiger partial charge in [0.25, 0.3) is 0 Å². The van der Waals surface area contributed by atoms with Gasteiger partial charge in [-0.25, -0.2) is 13.2 Å². The summed E-state index contributed by atoms with van der Waals surface area (Å²) in [6.07, 6.45) is 1.61. The second-order valence-corrected chi connectivity index (χ2v) is 7.96. The maximum Gasteiger partial charge on any atom is 0.328 e. The lowest BCUT2D eigenvalue weighted by Crippen LogP contribution is -2.43. The van der Waals surface area contributed by atoms with Crippen LogP contribution in [0, 0.1) is 0 Å². The maximum absolute atomic E-state index is 12.8. The fraction of sp³-hybridized carbons (Fsp3) is 0.533. The van der Waals surface area contributed by atoms with Crippen molar-refractivity contribution in [3.05, 3.63) is 28.7 Å². The topological polar surface area (TPSA) is 76.3 Å². The van der Waals surface area contributed by atoms with Crippen LogP contribution in [-0.4, -0.2) is 48.0 Å². The molecule has 0 amide bonds. The van der Waals surface area contributed by atoms with E-state index < -0.39 is 10.0 Å². The van der Waals surface area contributed by atoms with Gasteiger partial charge in [0.2, 0.25) is 10.0 Å². The Balaban J connectivity index is 0.00000208. The fourth-order valence-corrected chi connectivity index (χ4v) is 4.67. The minimum atomic E-state index is -3.52. The molecule has 1 aromatic carbocycles. The van der Waals surface area contributed by atoms with Gasteiger partial charge < -0.3 is 5.32 Å². The van der Waals surface area contributed by atoms with Gasteiger partial charge in [-0.2, -0.15) is 4.31 Å². The number of sulfonamides is 1. The van der Waals surface area contributed by atoms with Crippen LogP contribution in [0.1, 0.15) is 12.8 Å². The largest absolute Gasteiger partial charge is 0.328 e. The Kier molecular flexibility index (Phi) is 5.44. The van der Waals surface area contributed by atoms with Gasteiger partial charge in [-0.05, 0) is 38.1 Å². The Morgan fingerprint density at radius 2 is 1.67 bits per heavy atom. The molecule has 0 unspecified atom stereocenters.